The van der Waals surface area contributed by atoms with Crippen LogP contribution in [0.25, 0.3) is 11.3 Å². The smallest absolute Gasteiger partial charge is 0.217 e. The van der Waals surface area contributed by atoms with E-state index in [0.29, 0.717) is 28.8 Å². The average molecular weight is 532 g/mol. The highest BCUT2D eigenvalue weighted by Crippen LogP contribution is 2.40. The van der Waals surface area contributed by atoms with Crippen LogP contribution in [0, 0.1) is 0 Å². The molecule has 0 aliphatic carbocycles. The van der Waals surface area contributed by atoms with Gasteiger partial charge >= 0.3 is 0 Å². The summed E-state index contributed by atoms with van der Waals surface area (Å²) in [7, 11) is 2.01. The second-order valence-electron chi connectivity index (χ2n) is 8.05. The lowest BCUT2D eigenvalue weighted by Gasteiger charge is -2.29. The third-order valence-corrected chi connectivity index (χ3v) is 7.04. The van der Waals surface area contributed by atoms with Crippen LogP contribution in [0.1, 0.15) is 5.56 Å². The fourth-order valence-electron chi connectivity index (χ4n) is 4.04. The number of benzene rings is 2. The summed E-state index contributed by atoms with van der Waals surface area (Å²) in [4.78, 5) is 8.45. The molecule has 2 atom stereocenters. The van der Waals surface area contributed by atoms with Gasteiger partial charge in [-0.2, -0.15) is 5.10 Å². The number of halogens is 2. The van der Waals surface area contributed by atoms with Crippen molar-refractivity contribution in [2.24, 2.45) is 7.05 Å². The first-order valence-corrected chi connectivity index (χ1v) is 12.8. The van der Waals surface area contributed by atoms with Crippen molar-refractivity contribution in [3.05, 3.63) is 76.9 Å². The Bertz CT molecular complexity index is 1300. The Morgan fingerprint density at radius 1 is 1.20 bits per heavy atom. The Labute approximate surface area is 217 Å². The predicted molar refractivity (Wildman–Crippen MR) is 135 cm³/mol. The molecule has 35 heavy (non-hydrogen) atoms. The number of ether oxygens (including phenoxy) is 3. The Morgan fingerprint density at radius 3 is 2.71 bits per heavy atom. The van der Waals surface area contributed by atoms with Crippen molar-refractivity contribution >= 4 is 35.0 Å². The lowest BCUT2D eigenvalue weighted by Crippen LogP contribution is -2.35. The molecular weight excluding hydrogens is 509 g/mol. The molecule has 1 aliphatic rings. The maximum Gasteiger partial charge on any atom is 0.217 e. The molecule has 8 nitrogen and oxygen atoms in total. The standard InChI is InChI=1S/C24H23Cl2N5O3S/c1-30-22(10-28-23(30)35-2)16-3-6-18(7-4-16)32-11-19-12-33-24(34-19,13-31-15-27-14-29-31)20-8-5-17(25)9-21(20)26/h3-10,14-15,19H,11-13H2,1-2H3/t19-,24-/m1/s1. The lowest BCUT2D eigenvalue weighted by atomic mass is 10.1. The molecule has 0 amide bonds. The molecule has 0 saturated carbocycles. The fraction of sp³-hybridized carbons (Fsp3) is 0.292. The summed E-state index contributed by atoms with van der Waals surface area (Å²) in [6, 6.07) is 13.2. The maximum absolute atomic E-state index is 6.52. The van der Waals surface area contributed by atoms with E-state index in [-0.39, 0.29) is 12.6 Å². The number of nitrogens with zero attached hydrogens (tertiary/aromatic N) is 5. The summed E-state index contributed by atoms with van der Waals surface area (Å²) in [5.41, 5.74) is 2.79. The first-order valence-electron chi connectivity index (χ1n) is 10.9. The van der Waals surface area contributed by atoms with E-state index in [2.05, 4.69) is 19.6 Å². The van der Waals surface area contributed by atoms with Gasteiger partial charge in [-0.1, -0.05) is 41.0 Å². The molecule has 2 aromatic heterocycles. The molecule has 0 N–H and O–H groups in total. The van der Waals surface area contributed by atoms with Gasteiger partial charge in [0.15, 0.2) is 5.16 Å². The zero-order valence-electron chi connectivity index (χ0n) is 19.1. The number of imidazole rings is 1. The molecule has 0 spiro atoms. The molecule has 1 saturated heterocycles. The number of rotatable bonds is 8. The van der Waals surface area contributed by atoms with Gasteiger partial charge in [0.1, 0.15) is 37.7 Å². The third kappa shape index (κ3) is 5.05. The largest absolute Gasteiger partial charge is 0.491 e. The van der Waals surface area contributed by atoms with E-state index in [1.165, 1.54) is 6.33 Å². The minimum atomic E-state index is -1.14. The number of thioether (sulfide) groups is 1. The van der Waals surface area contributed by atoms with E-state index in [0.717, 1.165) is 22.2 Å². The summed E-state index contributed by atoms with van der Waals surface area (Å²) in [6.45, 7) is 0.923. The van der Waals surface area contributed by atoms with Crippen molar-refractivity contribution < 1.29 is 14.2 Å². The van der Waals surface area contributed by atoms with Crippen LogP contribution < -0.4 is 4.74 Å². The Hall–Kier alpha value is -2.56. The summed E-state index contributed by atoms with van der Waals surface area (Å²) in [5.74, 6) is -0.398. The highest BCUT2D eigenvalue weighted by Gasteiger charge is 2.45. The van der Waals surface area contributed by atoms with Crippen molar-refractivity contribution in [2.45, 2.75) is 23.6 Å². The van der Waals surface area contributed by atoms with Gasteiger partial charge in [0.2, 0.25) is 5.79 Å². The van der Waals surface area contributed by atoms with E-state index in [1.807, 2.05) is 49.8 Å². The Morgan fingerprint density at radius 2 is 2.03 bits per heavy atom. The predicted octanol–water partition coefficient (Wildman–Crippen LogP) is 5.05. The zero-order valence-corrected chi connectivity index (χ0v) is 21.4. The van der Waals surface area contributed by atoms with Crippen molar-refractivity contribution in [1.29, 1.82) is 0 Å². The molecule has 1 aliphatic heterocycles. The van der Waals surface area contributed by atoms with E-state index in [4.69, 9.17) is 37.4 Å². The Kier molecular flexibility index (Phi) is 7.04. The summed E-state index contributed by atoms with van der Waals surface area (Å²) < 4.78 is 22.3. The summed E-state index contributed by atoms with van der Waals surface area (Å²) in [5, 5.41) is 6.15. The number of hydrogen-bond acceptors (Lipinski definition) is 7. The first kappa shape index (κ1) is 24.1. The SMILES string of the molecule is CSc1ncc(-c2ccc(OC[C@@H]3CO[C@@](Cn4cncn4)(c4ccc(Cl)cc4Cl)O3)cc2)n1C. The monoisotopic (exact) mass is 531 g/mol. The Balaban J connectivity index is 1.28. The van der Waals surface area contributed by atoms with Crippen LogP contribution in [-0.2, 0) is 28.9 Å². The lowest BCUT2D eigenvalue weighted by molar-refractivity contribution is -0.190. The summed E-state index contributed by atoms with van der Waals surface area (Å²) in [6.07, 6.45) is 6.64. The van der Waals surface area contributed by atoms with Crippen molar-refractivity contribution in [3.8, 4) is 17.0 Å². The van der Waals surface area contributed by atoms with Gasteiger partial charge in [-0.15, -0.1) is 0 Å². The van der Waals surface area contributed by atoms with Gasteiger partial charge in [-0.05, 0) is 42.7 Å². The first-order chi connectivity index (χ1) is 17.0. The van der Waals surface area contributed by atoms with E-state index < -0.39 is 5.79 Å². The van der Waals surface area contributed by atoms with Crippen molar-refractivity contribution in [3.63, 3.8) is 0 Å². The highest BCUT2D eigenvalue weighted by molar-refractivity contribution is 7.98. The molecule has 11 heteroatoms. The van der Waals surface area contributed by atoms with Gasteiger partial charge in [0.05, 0.1) is 23.5 Å². The number of aromatic nitrogens is 5. The molecule has 2 aromatic carbocycles. The molecule has 1 fully saturated rings. The fourth-order valence-corrected chi connectivity index (χ4v) is 5.13. The molecule has 5 rings (SSSR count). The van der Waals surface area contributed by atoms with Gasteiger partial charge in [-0.3, -0.25) is 0 Å². The van der Waals surface area contributed by atoms with E-state index >= 15 is 0 Å². The quantitative estimate of drug-likeness (QED) is 0.294. The normalized spacial score (nSPS) is 19.8. The van der Waals surface area contributed by atoms with E-state index in [1.54, 1.807) is 34.9 Å². The van der Waals surface area contributed by atoms with Crippen molar-refractivity contribution in [2.75, 3.05) is 19.5 Å². The van der Waals surface area contributed by atoms with Crippen LogP contribution in [0.15, 0.2) is 66.5 Å². The average Bonchev–Trinajstić information content (AvgIpc) is 3.59. The second-order valence-corrected chi connectivity index (χ2v) is 9.66. The minimum absolute atomic E-state index is 0.280. The van der Waals surface area contributed by atoms with Crippen LogP contribution in [0.3, 0.4) is 0 Å². The molecule has 3 heterocycles. The van der Waals surface area contributed by atoms with Gasteiger partial charge in [-0.25, -0.2) is 14.6 Å². The summed E-state index contributed by atoms with van der Waals surface area (Å²) >= 11 is 14.2. The maximum atomic E-state index is 6.52. The molecule has 0 radical (unpaired) electrons. The van der Waals surface area contributed by atoms with Crippen LogP contribution in [-0.4, -0.2) is 49.9 Å². The van der Waals surface area contributed by atoms with Crippen LogP contribution >= 0.6 is 35.0 Å². The second kappa shape index (κ2) is 10.2. The zero-order chi connectivity index (χ0) is 24.4. The minimum Gasteiger partial charge on any atom is -0.491 e. The van der Waals surface area contributed by atoms with Gasteiger partial charge in [0, 0.05) is 23.2 Å². The molecule has 0 unspecified atom stereocenters. The molecule has 4 aromatic rings. The van der Waals surface area contributed by atoms with Gasteiger partial charge < -0.3 is 18.8 Å². The molecule has 0 bridgehead atoms. The van der Waals surface area contributed by atoms with Crippen molar-refractivity contribution in [1.82, 2.24) is 24.3 Å². The van der Waals surface area contributed by atoms with Crippen LogP contribution in [0.4, 0.5) is 0 Å². The third-order valence-electron chi connectivity index (χ3n) is 5.75. The molecular formula is C24H23Cl2N5O3S. The molecule has 182 valence electrons. The highest BCUT2D eigenvalue weighted by atomic mass is 35.5. The van der Waals surface area contributed by atoms with E-state index in [9.17, 15) is 0 Å². The number of hydrogen-bond donors (Lipinski definition) is 0. The topological polar surface area (TPSA) is 76.2 Å². The van der Waals surface area contributed by atoms with Crippen LogP contribution in [0.2, 0.25) is 10.0 Å². The van der Waals surface area contributed by atoms with Gasteiger partial charge in [0.25, 0.3) is 0 Å². The van der Waals surface area contributed by atoms with Crippen LogP contribution in [0.5, 0.6) is 5.75 Å².